The monoisotopic (exact) mass is 397 g/mol. The summed E-state index contributed by atoms with van der Waals surface area (Å²) in [4.78, 5) is 28.0. The third kappa shape index (κ3) is 3.77. The Labute approximate surface area is 169 Å². The van der Waals surface area contributed by atoms with Gasteiger partial charge in [0.1, 0.15) is 11.6 Å². The zero-order valence-electron chi connectivity index (χ0n) is 16.9. The lowest BCUT2D eigenvalue weighted by Gasteiger charge is -2.26. The van der Waals surface area contributed by atoms with Gasteiger partial charge in [0, 0.05) is 37.5 Å². The fraction of sp³-hybridized carbons (Fsp3) is 0.476. The van der Waals surface area contributed by atoms with Gasteiger partial charge in [0.05, 0.1) is 24.9 Å². The molecule has 0 saturated carbocycles. The molecule has 3 aromatic rings. The van der Waals surface area contributed by atoms with Gasteiger partial charge in [0.2, 0.25) is 5.91 Å². The average molecular weight is 397 g/mol. The Kier molecular flexibility index (Phi) is 5.64. The molecule has 2 aromatic heterocycles. The van der Waals surface area contributed by atoms with Crippen LogP contribution in [0.3, 0.4) is 0 Å². The number of carbonyl (C=O) groups is 1. The Morgan fingerprint density at radius 1 is 1.24 bits per heavy atom. The van der Waals surface area contributed by atoms with Gasteiger partial charge in [-0.05, 0) is 26.0 Å². The van der Waals surface area contributed by atoms with Crippen molar-refractivity contribution in [1.82, 2.24) is 24.6 Å². The highest BCUT2D eigenvalue weighted by Gasteiger charge is 2.23. The first-order valence-electron chi connectivity index (χ1n) is 10.1. The van der Waals surface area contributed by atoms with Crippen molar-refractivity contribution < 1.29 is 9.53 Å². The molecule has 1 saturated heterocycles. The summed E-state index contributed by atoms with van der Waals surface area (Å²) in [6.45, 7) is 6.84. The lowest BCUT2D eigenvalue weighted by molar-refractivity contribution is -0.123. The molecule has 3 heterocycles. The summed E-state index contributed by atoms with van der Waals surface area (Å²) < 4.78 is 8.51. The number of ether oxygens (including phenoxy) is 1. The molecule has 1 aliphatic rings. The van der Waals surface area contributed by atoms with Crippen molar-refractivity contribution in [1.29, 1.82) is 0 Å². The lowest BCUT2D eigenvalue weighted by Crippen LogP contribution is -2.39. The number of amides is 1. The highest BCUT2D eigenvalue weighted by atomic mass is 16.5. The molecular weight excluding hydrogens is 370 g/mol. The quantitative estimate of drug-likeness (QED) is 0.634. The molecule has 29 heavy (non-hydrogen) atoms. The van der Waals surface area contributed by atoms with E-state index < -0.39 is 6.04 Å². The molecule has 1 atom stereocenters. The minimum absolute atomic E-state index is 0.0894. The van der Waals surface area contributed by atoms with Gasteiger partial charge in [-0.1, -0.05) is 18.2 Å². The first-order chi connectivity index (χ1) is 14.1. The van der Waals surface area contributed by atoms with Crippen LogP contribution in [0.1, 0.15) is 19.4 Å². The Bertz CT molecular complexity index is 1080. The Morgan fingerprint density at radius 3 is 2.79 bits per heavy atom. The van der Waals surface area contributed by atoms with E-state index in [2.05, 4.69) is 15.3 Å². The van der Waals surface area contributed by atoms with Crippen molar-refractivity contribution in [3.05, 3.63) is 40.8 Å². The SMILES string of the molecule is C[C@H](C(=O)NCCCN1CCOCC1)n1c2ccccc2c2cnn(C)c(=O)c21. The van der Waals surface area contributed by atoms with Crippen LogP contribution in [-0.2, 0) is 16.6 Å². The van der Waals surface area contributed by atoms with Gasteiger partial charge < -0.3 is 14.6 Å². The smallest absolute Gasteiger partial charge is 0.291 e. The number of nitrogens with one attached hydrogen (secondary N) is 1. The molecule has 0 spiro atoms. The van der Waals surface area contributed by atoms with Crippen LogP contribution < -0.4 is 10.9 Å². The molecule has 8 heteroatoms. The molecule has 1 amide bonds. The number of hydrogen-bond donors (Lipinski definition) is 1. The van der Waals surface area contributed by atoms with Gasteiger partial charge in [-0.25, -0.2) is 4.68 Å². The average Bonchev–Trinajstić information content (AvgIpc) is 3.09. The fourth-order valence-electron chi connectivity index (χ4n) is 3.99. The van der Waals surface area contributed by atoms with Crippen LogP contribution in [0.15, 0.2) is 35.3 Å². The predicted octanol–water partition coefficient (Wildman–Crippen LogP) is 1.29. The molecule has 1 N–H and O–H groups in total. The van der Waals surface area contributed by atoms with Crippen LogP contribution in [0, 0.1) is 0 Å². The third-order valence-electron chi connectivity index (χ3n) is 5.63. The summed E-state index contributed by atoms with van der Waals surface area (Å²) in [6, 6.07) is 7.25. The molecule has 1 aromatic carbocycles. The minimum Gasteiger partial charge on any atom is -0.379 e. The van der Waals surface area contributed by atoms with Gasteiger partial charge in [-0.3, -0.25) is 14.5 Å². The van der Waals surface area contributed by atoms with Crippen LogP contribution in [-0.4, -0.2) is 64.5 Å². The fourth-order valence-corrected chi connectivity index (χ4v) is 3.99. The molecule has 8 nitrogen and oxygen atoms in total. The summed E-state index contributed by atoms with van der Waals surface area (Å²) in [7, 11) is 1.63. The summed E-state index contributed by atoms with van der Waals surface area (Å²) in [5.41, 5.74) is 1.17. The Hall–Kier alpha value is -2.71. The number of carbonyl (C=O) groups excluding carboxylic acids is 1. The van der Waals surface area contributed by atoms with Gasteiger partial charge in [0.15, 0.2) is 0 Å². The highest BCUT2D eigenvalue weighted by Crippen LogP contribution is 2.29. The van der Waals surface area contributed by atoms with Crippen molar-refractivity contribution in [2.24, 2.45) is 7.05 Å². The summed E-state index contributed by atoms with van der Waals surface area (Å²) in [5, 5.41) is 8.89. The number of benzene rings is 1. The molecule has 1 aliphatic heterocycles. The molecule has 0 unspecified atom stereocenters. The van der Waals surface area contributed by atoms with E-state index in [0.29, 0.717) is 12.1 Å². The van der Waals surface area contributed by atoms with Crippen molar-refractivity contribution in [3.63, 3.8) is 0 Å². The topological polar surface area (TPSA) is 81.4 Å². The molecule has 1 fully saturated rings. The molecular formula is C21H27N5O3. The summed E-state index contributed by atoms with van der Waals surface area (Å²) in [5.74, 6) is -0.0894. The van der Waals surface area contributed by atoms with Crippen LogP contribution in [0.5, 0.6) is 0 Å². The number of para-hydroxylation sites is 1. The van der Waals surface area contributed by atoms with E-state index in [9.17, 15) is 9.59 Å². The van der Waals surface area contributed by atoms with E-state index in [1.54, 1.807) is 13.2 Å². The zero-order chi connectivity index (χ0) is 20.4. The number of morpholine rings is 1. The maximum Gasteiger partial charge on any atom is 0.291 e. The first-order valence-corrected chi connectivity index (χ1v) is 10.1. The normalized spacial score (nSPS) is 16.3. The second-order valence-corrected chi connectivity index (χ2v) is 7.50. The number of aromatic nitrogens is 3. The van der Waals surface area contributed by atoms with Crippen molar-refractivity contribution in [2.75, 3.05) is 39.4 Å². The van der Waals surface area contributed by atoms with Gasteiger partial charge in [-0.2, -0.15) is 5.10 Å². The number of nitrogens with zero attached hydrogens (tertiary/aromatic N) is 4. The largest absolute Gasteiger partial charge is 0.379 e. The van der Waals surface area contributed by atoms with E-state index in [1.165, 1.54) is 4.68 Å². The molecule has 4 rings (SSSR count). The summed E-state index contributed by atoms with van der Waals surface area (Å²) in [6.07, 6.45) is 2.58. The van der Waals surface area contributed by atoms with E-state index >= 15 is 0 Å². The predicted molar refractivity (Wildman–Crippen MR) is 112 cm³/mol. The van der Waals surface area contributed by atoms with Crippen molar-refractivity contribution in [3.8, 4) is 0 Å². The number of rotatable bonds is 6. The molecule has 0 bridgehead atoms. The van der Waals surface area contributed by atoms with Gasteiger partial charge in [-0.15, -0.1) is 0 Å². The molecule has 0 radical (unpaired) electrons. The van der Waals surface area contributed by atoms with Crippen LogP contribution in [0.4, 0.5) is 0 Å². The van der Waals surface area contributed by atoms with Crippen molar-refractivity contribution >= 4 is 27.7 Å². The number of fused-ring (bicyclic) bond motifs is 3. The molecule has 0 aliphatic carbocycles. The lowest BCUT2D eigenvalue weighted by atomic mass is 10.2. The standard InChI is InChI=1S/C21H27N5O3/c1-15(20(27)22-8-5-9-25-10-12-29-13-11-25)26-18-7-4-3-6-16(18)17-14-23-24(2)21(28)19(17)26/h3-4,6-7,14-15H,5,8-13H2,1-2H3,(H,22,27)/t15-/m1/s1. The van der Waals surface area contributed by atoms with E-state index in [1.807, 2.05) is 35.8 Å². The van der Waals surface area contributed by atoms with Crippen molar-refractivity contribution in [2.45, 2.75) is 19.4 Å². The second-order valence-electron chi connectivity index (χ2n) is 7.50. The Morgan fingerprint density at radius 2 is 2.00 bits per heavy atom. The van der Waals surface area contributed by atoms with E-state index in [4.69, 9.17) is 4.74 Å². The van der Waals surface area contributed by atoms with E-state index in [-0.39, 0.29) is 11.5 Å². The van der Waals surface area contributed by atoms with Gasteiger partial charge in [0.25, 0.3) is 5.56 Å². The van der Waals surface area contributed by atoms with Crippen LogP contribution in [0.2, 0.25) is 0 Å². The second kappa shape index (κ2) is 8.34. The highest BCUT2D eigenvalue weighted by molar-refractivity contribution is 6.08. The summed E-state index contributed by atoms with van der Waals surface area (Å²) >= 11 is 0. The first kappa shape index (κ1) is 19.6. The number of hydrogen-bond acceptors (Lipinski definition) is 5. The maximum absolute atomic E-state index is 12.9. The minimum atomic E-state index is -0.504. The zero-order valence-corrected chi connectivity index (χ0v) is 16.9. The van der Waals surface area contributed by atoms with Crippen LogP contribution >= 0.6 is 0 Å². The third-order valence-corrected chi connectivity index (χ3v) is 5.63. The number of aryl methyl sites for hydroxylation is 1. The van der Waals surface area contributed by atoms with E-state index in [0.717, 1.165) is 55.6 Å². The van der Waals surface area contributed by atoms with Gasteiger partial charge >= 0.3 is 0 Å². The maximum atomic E-state index is 12.9. The molecule has 154 valence electrons. The Balaban J connectivity index is 1.54. The van der Waals surface area contributed by atoms with Crippen LogP contribution in [0.25, 0.3) is 21.8 Å².